The zero-order chi connectivity index (χ0) is 14.5. The SMILES string of the molecule is CC.Cc1ccc(N2CCOC(C(C)(C)O)C2)cc1. The Hall–Kier alpha value is -1.06. The minimum atomic E-state index is -0.788. The van der Waals surface area contributed by atoms with E-state index in [0.29, 0.717) is 6.61 Å². The molecule has 1 aliphatic heterocycles. The molecule has 0 spiro atoms. The normalized spacial score (nSPS) is 19.7. The van der Waals surface area contributed by atoms with E-state index < -0.39 is 5.60 Å². The Balaban J connectivity index is 0.000000861. The van der Waals surface area contributed by atoms with Crippen LogP contribution >= 0.6 is 0 Å². The van der Waals surface area contributed by atoms with Crippen molar-refractivity contribution in [1.82, 2.24) is 0 Å². The van der Waals surface area contributed by atoms with E-state index >= 15 is 0 Å². The van der Waals surface area contributed by atoms with Crippen LogP contribution in [0, 0.1) is 6.92 Å². The molecule has 1 aromatic rings. The van der Waals surface area contributed by atoms with E-state index in [9.17, 15) is 5.11 Å². The van der Waals surface area contributed by atoms with Crippen LogP contribution in [0.3, 0.4) is 0 Å². The first-order chi connectivity index (χ1) is 8.97. The summed E-state index contributed by atoms with van der Waals surface area (Å²) in [6.45, 7) is 12.0. The van der Waals surface area contributed by atoms with Crippen LogP contribution in [0.2, 0.25) is 0 Å². The third kappa shape index (κ3) is 4.51. The van der Waals surface area contributed by atoms with Gasteiger partial charge in [-0.05, 0) is 32.9 Å². The van der Waals surface area contributed by atoms with Crippen molar-refractivity contribution in [3.8, 4) is 0 Å². The first-order valence-corrected chi connectivity index (χ1v) is 7.12. The third-order valence-electron chi connectivity index (χ3n) is 3.25. The van der Waals surface area contributed by atoms with E-state index in [1.165, 1.54) is 11.3 Å². The molecule has 0 amide bonds. The monoisotopic (exact) mass is 265 g/mol. The van der Waals surface area contributed by atoms with Crippen molar-refractivity contribution in [2.24, 2.45) is 0 Å². The lowest BCUT2D eigenvalue weighted by Gasteiger charge is -2.39. The van der Waals surface area contributed by atoms with Gasteiger partial charge in [-0.2, -0.15) is 0 Å². The molecule has 2 rings (SSSR count). The molecular weight excluding hydrogens is 238 g/mol. The van der Waals surface area contributed by atoms with Crippen LogP contribution in [-0.4, -0.2) is 36.5 Å². The molecule has 1 atom stereocenters. The number of aliphatic hydroxyl groups is 1. The Morgan fingerprint density at radius 1 is 1.21 bits per heavy atom. The van der Waals surface area contributed by atoms with Gasteiger partial charge in [0.25, 0.3) is 0 Å². The van der Waals surface area contributed by atoms with Crippen molar-refractivity contribution in [2.45, 2.75) is 46.3 Å². The Morgan fingerprint density at radius 2 is 1.79 bits per heavy atom. The van der Waals surface area contributed by atoms with Crippen LogP contribution in [0.15, 0.2) is 24.3 Å². The number of nitrogens with zero attached hydrogens (tertiary/aromatic N) is 1. The minimum absolute atomic E-state index is 0.127. The molecule has 3 nitrogen and oxygen atoms in total. The molecular formula is C16H27NO2. The van der Waals surface area contributed by atoms with E-state index in [0.717, 1.165) is 13.1 Å². The highest BCUT2D eigenvalue weighted by Crippen LogP contribution is 2.22. The number of morpholine rings is 1. The highest BCUT2D eigenvalue weighted by Gasteiger charge is 2.32. The summed E-state index contributed by atoms with van der Waals surface area (Å²) in [5, 5.41) is 10.00. The molecule has 1 aliphatic rings. The Morgan fingerprint density at radius 3 is 2.32 bits per heavy atom. The highest BCUT2D eigenvalue weighted by atomic mass is 16.5. The maximum Gasteiger partial charge on any atom is 0.103 e. The van der Waals surface area contributed by atoms with Crippen molar-refractivity contribution >= 4 is 5.69 Å². The predicted molar refractivity (Wildman–Crippen MR) is 80.8 cm³/mol. The molecule has 0 aromatic heterocycles. The molecule has 0 radical (unpaired) electrons. The Kier molecular flexibility index (Phi) is 5.83. The van der Waals surface area contributed by atoms with Crippen LogP contribution < -0.4 is 4.90 Å². The van der Waals surface area contributed by atoms with Crippen LogP contribution in [0.25, 0.3) is 0 Å². The Labute approximate surface area is 117 Å². The molecule has 19 heavy (non-hydrogen) atoms. The van der Waals surface area contributed by atoms with Crippen LogP contribution in [0.5, 0.6) is 0 Å². The molecule has 1 unspecified atom stereocenters. The standard InChI is InChI=1S/C14H21NO2.C2H6/c1-11-4-6-12(7-5-11)15-8-9-17-13(10-15)14(2,3)16;1-2/h4-7,13,16H,8-10H2,1-3H3;1-2H3. The third-order valence-corrected chi connectivity index (χ3v) is 3.25. The largest absolute Gasteiger partial charge is 0.388 e. The summed E-state index contributed by atoms with van der Waals surface area (Å²) in [6.07, 6.45) is -0.127. The molecule has 1 heterocycles. The summed E-state index contributed by atoms with van der Waals surface area (Å²) in [5.74, 6) is 0. The highest BCUT2D eigenvalue weighted by molar-refractivity contribution is 5.48. The minimum Gasteiger partial charge on any atom is -0.388 e. The smallest absolute Gasteiger partial charge is 0.103 e. The number of rotatable bonds is 2. The summed E-state index contributed by atoms with van der Waals surface area (Å²) >= 11 is 0. The zero-order valence-corrected chi connectivity index (χ0v) is 12.8. The fourth-order valence-corrected chi connectivity index (χ4v) is 2.07. The summed E-state index contributed by atoms with van der Waals surface area (Å²) < 4.78 is 5.63. The average molecular weight is 265 g/mol. The van der Waals surface area contributed by atoms with Crippen molar-refractivity contribution < 1.29 is 9.84 Å². The summed E-state index contributed by atoms with van der Waals surface area (Å²) in [4.78, 5) is 2.27. The molecule has 1 aromatic carbocycles. The molecule has 0 bridgehead atoms. The predicted octanol–water partition coefficient (Wildman–Crippen LogP) is 3.00. The first-order valence-electron chi connectivity index (χ1n) is 7.12. The van der Waals surface area contributed by atoms with Crippen LogP contribution in [-0.2, 0) is 4.74 Å². The van der Waals surface area contributed by atoms with Gasteiger partial charge in [-0.3, -0.25) is 0 Å². The second kappa shape index (κ2) is 6.92. The van der Waals surface area contributed by atoms with E-state index in [2.05, 4.69) is 36.1 Å². The van der Waals surface area contributed by atoms with Gasteiger partial charge in [0, 0.05) is 18.8 Å². The number of hydrogen-bond donors (Lipinski definition) is 1. The lowest BCUT2D eigenvalue weighted by molar-refractivity contribution is -0.0927. The van der Waals surface area contributed by atoms with Gasteiger partial charge >= 0.3 is 0 Å². The van der Waals surface area contributed by atoms with E-state index in [1.54, 1.807) is 13.8 Å². The zero-order valence-electron chi connectivity index (χ0n) is 12.8. The van der Waals surface area contributed by atoms with Gasteiger partial charge in [-0.1, -0.05) is 31.5 Å². The fraction of sp³-hybridized carbons (Fsp3) is 0.625. The number of anilines is 1. The van der Waals surface area contributed by atoms with Gasteiger partial charge < -0.3 is 14.7 Å². The van der Waals surface area contributed by atoms with Crippen LogP contribution in [0.1, 0.15) is 33.3 Å². The average Bonchev–Trinajstić information content (AvgIpc) is 2.41. The van der Waals surface area contributed by atoms with Crippen LogP contribution in [0.4, 0.5) is 5.69 Å². The van der Waals surface area contributed by atoms with E-state index in [1.807, 2.05) is 13.8 Å². The van der Waals surface area contributed by atoms with Gasteiger partial charge in [-0.25, -0.2) is 0 Å². The first kappa shape index (κ1) is 16.0. The van der Waals surface area contributed by atoms with E-state index in [-0.39, 0.29) is 6.10 Å². The number of benzene rings is 1. The quantitative estimate of drug-likeness (QED) is 0.892. The summed E-state index contributed by atoms with van der Waals surface area (Å²) in [5.41, 5.74) is 1.68. The van der Waals surface area contributed by atoms with Crippen molar-refractivity contribution in [2.75, 3.05) is 24.6 Å². The van der Waals surface area contributed by atoms with Gasteiger partial charge in [0.15, 0.2) is 0 Å². The fourth-order valence-electron chi connectivity index (χ4n) is 2.07. The lowest BCUT2D eigenvalue weighted by Crippen LogP contribution is -2.52. The second-order valence-electron chi connectivity index (χ2n) is 5.29. The maximum absolute atomic E-state index is 10.00. The molecule has 108 valence electrons. The maximum atomic E-state index is 10.00. The summed E-state index contributed by atoms with van der Waals surface area (Å²) in [7, 11) is 0. The molecule has 0 aliphatic carbocycles. The van der Waals surface area contributed by atoms with Gasteiger partial charge in [0.05, 0.1) is 12.2 Å². The van der Waals surface area contributed by atoms with Crippen molar-refractivity contribution in [1.29, 1.82) is 0 Å². The molecule has 1 saturated heterocycles. The van der Waals surface area contributed by atoms with Gasteiger partial charge in [-0.15, -0.1) is 0 Å². The molecule has 1 N–H and O–H groups in total. The topological polar surface area (TPSA) is 32.7 Å². The summed E-state index contributed by atoms with van der Waals surface area (Å²) in [6, 6.07) is 8.48. The van der Waals surface area contributed by atoms with Crippen molar-refractivity contribution in [3.05, 3.63) is 29.8 Å². The Bertz CT molecular complexity index is 367. The number of aryl methyl sites for hydroxylation is 1. The number of ether oxygens (including phenoxy) is 1. The van der Waals surface area contributed by atoms with Gasteiger partial charge in [0.2, 0.25) is 0 Å². The molecule has 1 fully saturated rings. The van der Waals surface area contributed by atoms with Gasteiger partial charge in [0.1, 0.15) is 6.10 Å². The molecule has 0 saturated carbocycles. The number of hydrogen-bond acceptors (Lipinski definition) is 3. The van der Waals surface area contributed by atoms with Crippen molar-refractivity contribution in [3.63, 3.8) is 0 Å². The molecule has 3 heteroatoms. The second-order valence-corrected chi connectivity index (χ2v) is 5.29. The lowest BCUT2D eigenvalue weighted by atomic mass is 10.00. The van der Waals surface area contributed by atoms with E-state index in [4.69, 9.17) is 4.74 Å².